The van der Waals surface area contributed by atoms with Crippen molar-refractivity contribution in [2.75, 3.05) is 7.11 Å². The lowest BCUT2D eigenvalue weighted by Crippen LogP contribution is -2.35. The number of methoxy groups -OCH3 is 1. The van der Waals surface area contributed by atoms with Crippen molar-refractivity contribution >= 4 is 23.6 Å². The first-order valence-corrected chi connectivity index (χ1v) is 8.96. The number of ether oxygens (including phenoxy) is 2. The molecule has 26 heavy (non-hydrogen) atoms. The summed E-state index contributed by atoms with van der Waals surface area (Å²) in [6, 6.07) is 17.0. The Balaban J connectivity index is 1.73. The Hall–Kier alpha value is -2.73. The molecule has 1 atom stereocenters. The van der Waals surface area contributed by atoms with Crippen LogP contribution in [0.2, 0.25) is 0 Å². The number of rotatable bonds is 8. The molecule has 136 valence electrons. The molecule has 0 bridgehead atoms. The molecule has 2 aromatic rings. The molecule has 1 N–H and O–H groups in total. The second-order valence-electron chi connectivity index (χ2n) is 5.38. The summed E-state index contributed by atoms with van der Waals surface area (Å²) in [6.45, 7) is 1.89. The molecule has 5 nitrogen and oxygen atoms in total. The molecule has 0 saturated carbocycles. The highest BCUT2D eigenvalue weighted by molar-refractivity contribution is 8.02. The maximum Gasteiger partial charge on any atom is 0.332 e. The molecule has 0 radical (unpaired) electrons. The fraction of sp³-hybridized carbons (Fsp3) is 0.200. The zero-order valence-corrected chi connectivity index (χ0v) is 15.5. The third kappa shape index (κ3) is 6.64. The first-order chi connectivity index (χ1) is 12.6. The van der Waals surface area contributed by atoms with Gasteiger partial charge in [-0.3, -0.25) is 4.79 Å². The molecule has 1 amide bonds. The standard InChI is InChI=1S/C20H21NO4S/c1-15(20(23)21-14-16-8-10-17(24-2)11-9-16)25-19(22)12-13-26-18-6-4-3-5-7-18/h3-13,15H,14H2,1-2H3,(H,21,23)/b13-12+/t15-/m0/s1. The fourth-order valence-corrected chi connectivity index (χ4v) is 2.66. The van der Waals surface area contributed by atoms with Crippen molar-refractivity contribution in [1.82, 2.24) is 5.32 Å². The van der Waals surface area contributed by atoms with Gasteiger partial charge in [0.05, 0.1) is 7.11 Å². The highest BCUT2D eigenvalue weighted by Gasteiger charge is 2.16. The summed E-state index contributed by atoms with van der Waals surface area (Å²) < 4.78 is 10.2. The molecular formula is C20H21NO4S. The predicted molar refractivity (Wildman–Crippen MR) is 102 cm³/mol. The molecule has 0 heterocycles. The van der Waals surface area contributed by atoms with Crippen molar-refractivity contribution in [3.63, 3.8) is 0 Å². The van der Waals surface area contributed by atoms with E-state index in [-0.39, 0.29) is 5.91 Å². The van der Waals surface area contributed by atoms with Crippen molar-refractivity contribution < 1.29 is 19.1 Å². The first-order valence-electron chi connectivity index (χ1n) is 8.08. The molecule has 0 saturated heterocycles. The molecule has 0 fully saturated rings. The van der Waals surface area contributed by atoms with E-state index in [1.807, 2.05) is 54.6 Å². The van der Waals surface area contributed by atoms with Crippen LogP contribution in [0.3, 0.4) is 0 Å². The van der Waals surface area contributed by atoms with Crippen molar-refractivity contribution in [2.24, 2.45) is 0 Å². The lowest BCUT2D eigenvalue weighted by Gasteiger charge is -2.12. The molecule has 0 spiro atoms. The second kappa shape index (κ2) is 10.3. The lowest BCUT2D eigenvalue weighted by molar-refractivity contribution is -0.150. The Kier molecular flexibility index (Phi) is 7.76. The molecule has 0 aliphatic rings. The van der Waals surface area contributed by atoms with Crippen LogP contribution in [0.15, 0.2) is 71.0 Å². The lowest BCUT2D eigenvalue weighted by atomic mass is 10.2. The minimum absolute atomic E-state index is 0.349. The van der Waals surface area contributed by atoms with E-state index in [2.05, 4.69) is 5.32 Å². The van der Waals surface area contributed by atoms with E-state index in [0.717, 1.165) is 16.2 Å². The van der Waals surface area contributed by atoms with E-state index in [1.54, 1.807) is 19.4 Å². The minimum atomic E-state index is -0.868. The van der Waals surface area contributed by atoms with E-state index in [0.29, 0.717) is 6.54 Å². The summed E-state index contributed by atoms with van der Waals surface area (Å²) in [5.74, 6) is -0.152. The average molecular weight is 371 g/mol. The predicted octanol–water partition coefficient (Wildman–Crippen LogP) is 3.55. The molecule has 6 heteroatoms. The third-order valence-electron chi connectivity index (χ3n) is 3.44. The molecule has 0 unspecified atom stereocenters. The number of carbonyl (C=O) groups excluding carboxylic acids is 2. The number of hydrogen-bond acceptors (Lipinski definition) is 5. The zero-order chi connectivity index (χ0) is 18.8. The van der Waals surface area contributed by atoms with Crippen LogP contribution >= 0.6 is 11.8 Å². The number of esters is 1. The largest absolute Gasteiger partial charge is 0.497 e. The van der Waals surface area contributed by atoms with Gasteiger partial charge in [-0.2, -0.15) is 0 Å². The quantitative estimate of drug-likeness (QED) is 0.437. The number of thioether (sulfide) groups is 1. The van der Waals surface area contributed by atoms with Gasteiger partial charge in [0.25, 0.3) is 5.91 Å². The van der Waals surface area contributed by atoms with Crippen molar-refractivity contribution in [1.29, 1.82) is 0 Å². The summed E-state index contributed by atoms with van der Waals surface area (Å²) in [4.78, 5) is 24.8. The third-order valence-corrected chi connectivity index (χ3v) is 4.26. The number of benzene rings is 2. The molecular weight excluding hydrogens is 350 g/mol. The van der Waals surface area contributed by atoms with Gasteiger partial charge in [0.1, 0.15) is 5.75 Å². The van der Waals surface area contributed by atoms with Crippen LogP contribution in [0.1, 0.15) is 12.5 Å². The minimum Gasteiger partial charge on any atom is -0.497 e. The summed E-state index contributed by atoms with van der Waals surface area (Å²) in [7, 11) is 1.60. The van der Waals surface area contributed by atoms with Crippen LogP contribution < -0.4 is 10.1 Å². The summed E-state index contributed by atoms with van der Waals surface area (Å²) >= 11 is 1.40. The second-order valence-corrected chi connectivity index (χ2v) is 6.36. The normalized spacial score (nSPS) is 11.8. The van der Waals surface area contributed by atoms with E-state index < -0.39 is 12.1 Å². The van der Waals surface area contributed by atoms with E-state index in [9.17, 15) is 9.59 Å². The molecule has 0 aliphatic heterocycles. The zero-order valence-electron chi connectivity index (χ0n) is 14.7. The van der Waals surface area contributed by atoms with Gasteiger partial charge in [0, 0.05) is 17.5 Å². The maximum absolute atomic E-state index is 12.0. The summed E-state index contributed by atoms with van der Waals surface area (Å²) in [5, 5.41) is 4.38. The molecule has 2 rings (SSSR count). The van der Waals surface area contributed by atoms with Crippen LogP contribution in [0.5, 0.6) is 5.75 Å². The van der Waals surface area contributed by atoms with Gasteiger partial charge in [-0.15, -0.1) is 0 Å². The van der Waals surface area contributed by atoms with Crippen LogP contribution in [0, 0.1) is 0 Å². The number of amides is 1. The van der Waals surface area contributed by atoms with Gasteiger partial charge in [0.2, 0.25) is 0 Å². The monoisotopic (exact) mass is 371 g/mol. The molecule has 0 aromatic heterocycles. The van der Waals surface area contributed by atoms with Gasteiger partial charge < -0.3 is 14.8 Å². The topological polar surface area (TPSA) is 64.6 Å². The Labute approximate surface area is 157 Å². The fourth-order valence-electron chi connectivity index (χ4n) is 2.01. The van der Waals surface area contributed by atoms with Gasteiger partial charge >= 0.3 is 5.97 Å². The van der Waals surface area contributed by atoms with Crippen LogP contribution in [0.4, 0.5) is 0 Å². The van der Waals surface area contributed by atoms with E-state index >= 15 is 0 Å². The summed E-state index contributed by atoms with van der Waals surface area (Å²) in [6.07, 6.45) is 0.442. The number of nitrogens with one attached hydrogen (secondary N) is 1. The Morgan fingerprint density at radius 1 is 1.12 bits per heavy atom. The van der Waals surface area contributed by atoms with Crippen LogP contribution in [-0.2, 0) is 20.9 Å². The highest BCUT2D eigenvalue weighted by Crippen LogP contribution is 2.18. The number of carbonyl (C=O) groups is 2. The van der Waals surface area contributed by atoms with E-state index in [1.165, 1.54) is 17.8 Å². The first kappa shape index (κ1) is 19.6. The van der Waals surface area contributed by atoms with Gasteiger partial charge in [-0.05, 0) is 42.2 Å². The maximum atomic E-state index is 12.0. The average Bonchev–Trinajstić information content (AvgIpc) is 2.67. The Morgan fingerprint density at radius 2 is 1.81 bits per heavy atom. The highest BCUT2D eigenvalue weighted by atomic mass is 32.2. The van der Waals surface area contributed by atoms with Crippen LogP contribution in [0.25, 0.3) is 0 Å². The van der Waals surface area contributed by atoms with Gasteiger partial charge in [0.15, 0.2) is 6.10 Å². The number of hydrogen-bond donors (Lipinski definition) is 1. The summed E-state index contributed by atoms with van der Waals surface area (Å²) in [5.41, 5.74) is 0.928. The molecule has 0 aliphatic carbocycles. The Morgan fingerprint density at radius 3 is 2.46 bits per heavy atom. The van der Waals surface area contributed by atoms with Crippen molar-refractivity contribution in [3.05, 3.63) is 71.6 Å². The van der Waals surface area contributed by atoms with Gasteiger partial charge in [-0.1, -0.05) is 42.1 Å². The van der Waals surface area contributed by atoms with Crippen molar-refractivity contribution in [3.8, 4) is 5.75 Å². The van der Waals surface area contributed by atoms with Crippen molar-refractivity contribution in [2.45, 2.75) is 24.5 Å². The Bertz CT molecular complexity index is 744. The SMILES string of the molecule is COc1ccc(CNC(=O)[C@H](C)OC(=O)/C=C/Sc2ccccc2)cc1. The van der Waals surface area contributed by atoms with Crippen LogP contribution in [-0.4, -0.2) is 25.1 Å². The smallest absolute Gasteiger partial charge is 0.332 e. The van der Waals surface area contributed by atoms with Gasteiger partial charge in [-0.25, -0.2) is 4.79 Å². The van der Waals surface area contributed by atoms with E-state index in [4.69, 9.17) is 9.47 Å². The molecule has 2 aromatic carbocycles.